The molecule has 0 spiro atoms. The van der Waals surface area contributed by atoms with Crippen LogP contribution in [-0.4, -0.2) is 59.1 Å². The Balaban J connectivity index is 1.76. The average molecular weight is 294 g/mol. The van der Waals surface area contributed by atoms with Crippen molar-refractivity contribution in [2.45, 2.75) is 25.9 Å². The fraction of sp³-hybridized carbons (Fsp3) is 0.625. The molecular formula is C16H26N2OS. The predicted octanol–water partition coefficient (Wildman–Crippen LogP) is 2.65. The summed E-state index contributed by atoms with van der Waals surface area (Å²) in [6.07, 6.45) is 3.47. The quantitative estimate of drug-likeness (QED) is 0.872. The molecule has 112 valence electrons. The fourth-order valence-corrected chi connectivity index (χ4v) is 3.32. The number of hydrogen-bond acceptors (Lipinski definition) is 4. The minimum atomic E-state index is 0.367. The SMILES string of the molecule is CSCC[C@H](C)N1CCN(Cc2cccc(O)c2)CC1. The third-order valence-corrected chi connectivity index (χ3v) is 4.73. The molecule has 3 nitrogen and oxygen atoms in total. The van der Waals surface area contributed by atoms with Gasteiger partial charge in [-0.05, 0) is 43.0 Å². The van der Waals surface area contributed by atoms with Crippen molar-refractivity contribution in [3.63, 3.8) is 0 Å². The second-order valence-electron chi connectivity index (χ2n) is 5.61. The van der Waals surface area contributed by atoms with E-state index in [1.54, 1.807) is 6.07 Å². The highest BCUT2D eigenvalue weighted by molar-refractivity contribution is 7.98. The van der Waals surface area contributed by atoms with Crippen molar-refractivity contribution >= 4 is 11.8 Å². The van der Waals surface area contributed by atoms with E-state index in [1.165, 1.54) is 17.7 Å². The molecular weight excluding hydrogens is 268 g/mol. The summed E-state index contributed by atoms with van der Waals surface area (Å²) >= 11 is 1.94. The highest BCUT2D eigenvalue weighted by Crippen LogP contribution is 2.16. The van der Waals surface area contributed by atoms with Crippen LogP contribution in [0.25, 0.3) is 0 Å². The number of aromatic hydroxyl groups is 1. The molecule has 0 unspecified atom stereocenters. The molecule has 1 aromatic rings. The smallest absolute Gasteiger partial charge is 0.115 e. The number of benzene rings is 1. The number of piperazine rings is 1. The molecule has 1 atom stereocenters. The zero-order valence-electron chi connectivity index (χ0n) is 12.6. The van der Waals surface area contributed by atoms with Crippen LogP contribution < -0.4 is 0 Å². The number of phenolic OH excluding ortho intramolecular Hbond substituents is 1. The maximum atomic E-state index is 9.51. The zero-order valence-corrected chi connectivity index (χ0v) is 13.4. The molecule has 1 N–H and O–H groups in total. The standard InChI is InChI=1S/C16H26N2OS/c1-14(6-11-20-2)18-9-7-17(8-10-18)13-15-4-3-5-16(19)12-15/h3-5,12,14,19H,6-11,13H2,1-2H3/t14-/m0/s1. The maximum Gasteiger partial charge on any atom is 0.115 e. The lowest BCUT2D eigenvalue weighted by Crippen LogP contribution is -2.49. The van der Waals surface area contributed by atoms with Gasteiger partial charge in [0.1, 0.15) is 5.75 Å². The topological polar surface area (TPSA) is 26.7 Å². The van der Waals surface area contributed by atoms with Gasteiger partial charge in [0.15, 0.2) is 0 Å². The molecule has 1 aliphatic rings. The molecule has 0 radical (unpaired) electrons. The number of rotatable bonds is 6. The Kier molecular flexibility index (Phi) is 6.20. The minimum absolute atomic E-state index is 0.367. The second kappa shape index (κ2) is 7.91. The van der Waals surface area contributed by atoms with Crippen LogP contribution >= 0.6 is 11.8 Å². The van der Waals surface area contributed by atoms with Gasteiger partial charge in [0.25, 0.3) is 0 Å². The van der Waals surface area contributed by atoms with Gasteiger partial charge in [-0.2, -0.15) is 11.8 Å². The van der Waals surface area contributed by atoms with Crippen LogP contribution in [0.2, 0.25) is 0 Å². The first-order valence-electron chi connectivity index (χ1n) is 7.42. The first kappa shape index (κ1) is 15.7. The number of phenols is 1. The summed E-state index contributed by atoms with van der Waals surface area (Å²) in [5, 5.41) is 9.51. The summed E-state index contributed by atoms with van der Waals surface area (Å²) in [5.74, 6) is 1.62. The highest BCUT2D eigenvalue weighted by Gasteiger charge is 2.20. The Morgan fingerprint density at radius 1 is 1.25 bits per heavy atom. The number of thioether (sulfide) groups is 1. The van der Waals surface area contributed by atoms with Crippen molar-refractivity contribution in [2.75, 3.05) is 38.2 Å². The van der Waals surface area contributed by atoms with Gasteiger partial charge >= 0.3 is 0 Å². The fourth-order valence-electron chi connectivity index (χ4n) is 2.75. The largest absolute Gasteiger partial charge is 0.508 e. The van der Waals surface area contributed by atoms with Crippen molar-refractivity contribution in [2.24, 2.45) is 0 Å². The third-order valence-electron chi connectivity index (χ3n) is 4.09. The van der Waals surface area contributed by atoms with Crippen molar-refractivity contribution in [3.05, 3.63) is 29.8 Å². The van der Waals surface area contributed by atoms with E-state index < -0.39 is 0 Å². The van der Waals surface area contributed by atoms with Crippen LogP contribution in [0.5, 0.6) is 5.75 Å². The Bertz CT molecular complexity index is 405. The van der Waals surface area contributed by atoms with Gasteiger partial charge in [-0.3, -0.25) is 9.80 Å². The highest BCUT2D eigenvalue weighted by atomic mass is 32.2. The van der Waals surface area contributed by atoms with Crippen LogP contribution in [0, 0.1) is 0 Å². The summed E-state index contributed by atoms with van der Waals surface area (Å²) in [7, 11) is 0. The molecule has 1 aliphatic heterocycles. The van der Waals surface area contributed by atoms with E-state index in [1.807, 2.05) is 23.9 Å². The van der Waals surface area contributed by atoms with Crippen LogP contribution in [0.15, 0.2) is 24.3 Å². The summed E-state index contributed by atoms with van der Waals surface area (Å²) < 4.78 is 0. The maximum absolute atomic E-state index is 9.51. The molecule has 1 heterocycles. The van der Waals surface area contributed by atoms with Gasteiger partial charge in [0.05, 0.1) is 0 Å². The Morgan fingerprint density at radius 2 is 2.00 bits per heavy atom. The summed E-state index contributed by atoms with van der Waals surface area (Å²) in [4.78, 5) is 5.09. The molecule has 20 heavy (non-hydrogen) atoms. The lowest BCUT2D eigenvalue weighted by molar-refractivity contribution is 0.0967. The van der Waals surface area contributed by atoms with E-state index in [-0.39, 0.29) is 0 Å². The van der Waals surface area contributed by atoms with Crippen molar-refractivity contribution in [1.29, 1.82) is 0 Å². The monoisotopic (exact) mass is 294 g/mol. The van der Waals surface area contributed by atoms with Crippen LogP contribution in [0.1, 0.15) is 18.9 Å². The van der Waals surface area contributed by atoms with Gasteiger partial charge in [-0.1, -0.05) is 12.1 Å². The summed E-state index contributed by atoms with van der Waals surface area (Å²) in [5.41, 5.74) is 1.20. The van der Waals surface area contributed by atoms with Gasteiger partial charge < -0.3 is 5.11 Å². The van der Waals surface area contributed by atoms with E-state index in [9.17, 15) is 5.11 Å². The van der Waals surface area contributed by atoms with Gasteiger partial charge in [0.2, 0.25) is 0 Å². The number of nitrogens with zero attached hydrogens (tertiary/aromatic N) is 2. The second-order valence-corrected chi connectivity index (χ2v) is 6.60. The van der Waals surface area contributed by atoms with Gasteiger partial charge in [-0.15, -0.1) is 0 Å². The molecule has 0 amide bonds. The average Bonchev–Trinajstić information content (AvgIpc) is 2.45. The Hall–Kier alpha value is -0.710. The van der Waals surface area contributed by atoms with E-state index >= 15 is 0 Å². The minimum Gasteiger partial charge on any atom is -0.508 e. The van der Waals surface area contributed by atoms with Gasteiger partial charge in [-0.25, -0.2) is 0 Å². The van der Waals surface area contributed by atoms with Crippen molar-refractivity contribution < 1.29 is 5.11 Å². The first-order valence-corrected chi connectivity index (χ1v) is 8.81. The van der Waals surface area contributed by atoms with Crippen molar-refractivity contribution in [1.82, 2.24) is 9.80 Å². The summed E-state index contributed by atoms with van der Waals surface area (Å²) in [6, 6.07) is 8.31. The Labute approximate surface area is 127 Å². The van der Waals surface area contributed by atoms with Crippen LogP contribution in [0.3, 0.4) is 0 Å². The van der Waals surface area contributed by atoms with E-state index in [0.717, 1.165) is 32.7 Å². The zero-order chi connectivity index (χ0) is 14.4. The normalized spacial score (nSPS) is 19.1. The predicted molar refractivity (Wildman–Crippen MR) is 87.4 cm³/mol. The molecule has 1 fully saturated rings. The molecule has 1 saturated heterocycles. The first-order chi connectivity index (χ1) is 9.69. The molecule has 2 rings (SSSR count). The lowest BCUT2D eigenvalue weighted by Gasteiger charge is -2.38. The lowest BCUT2D eigenvalue weighted by atomic mass is 10.1. The molecule has 1 aromatic carbocycles. The van der Waals surface area contributed by atoms with Crippen LogP contribution in [-0.2, 0) is 6.54 Å². The van der Waals surface area contributed by atoms with E-state index in [0.29, 0.717) is 11.8 Å². The van der Waals surface area contributed by atoms with Crippen molar-refractivity contribution in [3.8, 4) is 5.75 Å². The Morgan fingerprint density at radius 3 is 2.65 bits per heavy atom. The molecule has 0 aromatic heterocycles. The van der Waals surface area contributed by atoms with E-state index in [2.05, 4.69) is 29.0 Å². The van der Waals surface area contributed by atoms with E-state index in [4.69, 9.17) is 0 Å². The molecule has 0 bridgehead atoms. The molecule has 0 saturated carbocycles. The molecule has 0 aliphatic carbocycles. The molecule has 4 heteroatoms. The van der Waals surface area contributed by atoms with Gasteiger partial charge in [0, 0.05) is 38.8 Å². The summed E-state index contributed by atoms with van der Waals surface area (Å²) in [6.45, 7) is 7.86. The number of hydrogen-bond donors (Lipinski definition) is 1. The van der Waals surface area contributed by atoms with Crippen LogP contribution in [0.4, 0.5) is 0 Å². The third kappa shape index (κ3) is 4.69.